The van der Waals surface area contributed by atoms with Crippen molar-refractivity contribution in [2.24, 2.45) is 4.99 Å². The predicted molar refractivity (Wildman–Crippen MR) is 116 cm³/mol. The first-order chi connectivity index (χ1) is 14.6. The van der Waals surface area contributed by atoms with Crippen molar-refractivity contribution in [3.05, 3.63) is 71.4 Å². The quantitative estimate of drug-likeness (QED) is 0.494. The van der Waals surface area contributed by atoms with Gasteiger partial charge in [0.15, 0.2) is 5.82 Å². The van der Waals surface area contributed by atoms with Crippen LogP contribution < -0.4 is 4.90 Å². The maximum Gasteiger partial charge on any atom is 0.296 e. The van der Waals surface area contributed by atoms with E-state index >= 15 is 0 Å². The van der Waals surface area contributed by atoms with Crippen LogP contribution in [0.5, 0.6) is 0 Å². The number of aromatic nitrogens is 3. The number of hydrogen-bond acceptors (Lipinski definition) is 5. The van der Waals surface area contributed by atoms with Gasteiger partial charge in [0.1, 0.15) is 16.5 Å². The average molecular weight is 419 g/mol. The second-order valence-electron chi connectivity index (χ2n) is 7.21. The standard InChI is InChI=1S/C22H18FN5OS/c1-14-6-9-27-11-8-24-20(19(14)27)28-10-7-17(12-28)25-21(29)18-13-30-22(26-18)15-2-4-16(23)5-3-15/h2-6,8-9,11,13H,7,10,12H2,1H3. The molecular formula is C22H18FN5OS. The summed E-state index contributed by atoms with van der Waals surface area (Å²) in [6, 6.07) is 8.14. The maximum absolute atomic E-state index is 13.1. The Morgan fingerprint density at radius 3 is 2.87 bits per heavy atom. The SMILES string of the molecule is Cc1ccn2ccnc(N3CCC(=NC(=O)c4csc(-c5ccc(F)cc5)n4)C3)c12. The number of hydrogen-bond donors (Lipinski definition) is 0. The van der Waals surface area contributed by atoms with Crippen LogP contribution in [0.3, 0.4) is 0 Å². The Bertz CT molecular complexity index is 1270. The van der Waals surface area contributed by atoms with Crippen LogP contribution in [0.4, 0.5) is 10.2 Å². The topological polar surface area (TPSA) is 62.9 Å². The first-order valence-electron chi connectivity index (χ1n) is 9.58. The number of carbonyl (C=O) groups is 1. The van der Waals surface area contributed by atoms with Crippen LogP contribution in [-0.4, -0.2) is 39.1 Å². The van der Waals surface area contributed by atoms with Gasteiger partial charge in [-0.1, -0.05) is 0 Å². The van der Waals surface area contributed by atoms with Gasteiger partial charge in [-0.3, -0.25) is 4.79 Å². The number of benzene rings is 1. The average Bonchev–Trinajstić information content (AvgIpc) is 3.49. The second kappa shape index (κ2) is 7.46. The molecule has 0 unspecified atom stereocenters. The van der Waals surface area contributed by atoms with Gasteiger partial charge < -0.3 is 9.30 Å². The Hall–Kier alpha value is -3.39. The highest BCUT2D eigenvalue weighted by atomic mass is 32.1. The minimum atomic E-state index is -0.346. The predicted octanol–water partition coefficient (Wildman–Crippen LogP) is 4.40. The molecule has 6 nitrogen and oxygen atoms in total. The number of carbonyl (C=O) groups excluding carboxylic acids is 1. The third kappa shape index (κ3) is 3.39. The molecule has 0 radical (unpaired) electrons. The van der Waals surface area contributed by atoms with E-state index in [-0.39, 0.29) is 11.7 Å². The minimum Gasteiger partial charge on any atom is -0.349 e. The fourth-order valence-corrected chi connectivity index (χ4v) is 4.45. The molecule has 1 aliphatic heterocycles. The molecule has 4 aromatic rings. The van der Waals surface area contributed by atoms with Crippen LogP contribution in [0.25, 0.3) is 16.1 Å². The van der Waals surface area contributed by atoms with Crippen molar-refractivity contribution < 1.29 is 9.18 Å². The number of nitrogens with zero attached hydrogens (tertiary/aromatic N) is 5. The molecule has 1 aromatic carbocycles. The van der Waals surface area contributed by atoms with E-state index in [0.29, 0.717) is 23.7 Å². The second-order valence-corrected chi connectivity index (χ2v) is 8.06. The summed E-state index contributed by atoms with van der Waals surface area (Å²) in [7, 11) is 0. The molecule has 0 saturated carbocycles. The Morgan fingerprint density at radius 2 is 2.03 bits per heavy atom. The molecule has 1 aliphatic rings. The highest BCUT2D eigenvalue weighted by Gasteiger charge is 2.23. The summed E-state index contributed by atoms with van der Waals surface area (Å²) in [6.45, 7) is 3.40. The van der Waals surface area contributed by atoms with Crippen molar-refractivity contribution in [1.82, 2.24) is 14.4 Å². The van der Waals surface area contributed by atoms with Gasteiger partial charge in [0.05, 0.1) is 12.1 Å². The van der Waals surface area contributed by atoms with E-state index in [2.05, 4.69) is 37.3 Å². The zero-order valence-corrected chi connectivity index (χ0v) is 17.1. The molecule has 0 bridgehead atoms. The van der Waals surface area contributed by atoms with Gasteiger partial charge >= 0.3 is 0 Å². The van der Waals surface area contributed by atoms with Crippen LogP contribution >= 0.6 is 11.3 Å². The van der Waals surface area contributed by atoms with Crippen molar-refractivity contribution in [3.8, 4) is 10.6 Å². The molecule has 1 fully saturated rings. The minimum absolute atomic E-state index is 0.302. The van der Waals surface area contributed by atoms with Crippen molar-refractivity contribution in [3.63, 3.8) is 0 Å². The van der Waals surface area contributed by atoms with E-state index in [1.54, 1.807) is 23.7 Å². The Kier molecular flexibility index (Phi) is 4.63. The summed E-state index contributed by atoms with van der Waals surface area (Å²) in [6.07, 6.45) is 6.45. The summed E-state index contributed by atoms with van der Waals surface area (Å²) < 4.78 is 15.2. The van der Waals surface area contributed by atoms with Crippen LogP contribution in [0, 0.1) is 12.7 Å². The number of aliphatic imine (C=N–C) groups is 1. The highest BCUT2D eigenvalue weighted by molar-refractivity contribution is 7.13. The molecule has 1 amide bonds. The van der Waals surface area contributed by atoms with Gasteiger partial charge in [-0.15, -0.1) is 11.3 Å². The number of halogens is 1. The Labute approximate surface area is 176 Å². The highest BCUT2D eigenvalue weighted by Crippen LogP contribution is 2.26. The number of amides is 1. The molecule has 3 aromatic heterocycles. The molecule has 0 atom stereocenters. The Balaban J connectivity index is 1.34. The first kappa shape index (κ1) is 18.6. The summed E-state index contributed by atoms with van der Waals surface area (Å²) in [5.41, 5.74) is 4.16. The molecule has 0 N–H and O–H groups in total. The van der Waals surface area contributed by atoms with Gasteiger partial charge in [-0.25, -0.2) is 19.4 Å². The monoisotopic (exact) mass is 419 g/mol. The molecular weight excluding hydrogens is 401 g/mol. The van der Waals surface area contributed by atoms with E-state index in [0.717, 1.165) is 34.7 Å². The Morgan fingerprint density at radius 1 is 1.20 bits per heavy atom. The van der Waals surface area contributed by atoms with Crippen molar-refractivity contribution >= 4 is 34.3 Å². The fourth-order valence-electron chi connectivity index (χ4n) is 3.65. The van der Waals surface area contributed by atoms with E-state index in [1.807, 2.05) is 12.4 Å². The summed E-state index contributed by atoms with van der Waals surface area (Å²) in [4.78, 5) is 28.0. The zero-order valence-electron chi connectivity index (χ0n) is 16.2. The van der Waals surface area contributed by atoms with E-state index < -0.39 is 0 Å². The lowest BCUT2D eigenvalue weighted by molar-refractivity contribution is 0.0998. The number of anilines is 1. The third-order valence-electron chi connectivity index (χ3n) is 5.17. The molecule has 30 heavy (non-hydrogen) atoms. The lowest BCUT2D eigenvalue weighted by Gasteiger charge is -2.17. The summed E-state index contributed by atoms with van der Waals surface area (Å²) >= 11 is 1.35. The number of fused-ring (bicyclic) bond motifs is 1. The maximum atomic E-state index is 13.1. The molecule has 4 heterocycles. The smallest absolute Gasteiger partial charge is 0.296 e. The fraction of sp³-hybridized carbons (Fsp3) is 0.182. The summed E-state index contributed by atoms with van der Waals surface area (Å²) in [5, 5.41) is 2.37. The third-order valence-corrected chi connectivity index (χ3v) is 6.06. The van der Waals surface area contributed by atoms with Crippen LogP contribution in [0.2, 0.25) is 0 Å². The zero-order chi connectivity index (χ0) is 20.7. The molecule has 0 aliphatic carbocycles. The van der Waals surface area contributed by atoms with Gasteiger partial charge in [-0.2, -0.15) is 0 Å². The number of aryl methyl sites for hydroxylation is 1. The van der Waals surface area contributed by atoms with Gasteiger partial charge in [0.2, 0.25) is 0 Å². The molecule has 150 valence electrons. The first-order valence-corrected chi connectivity index (χ1v) is 10.5. The van der Waals surface area contributed by atoms with Gasteiger partial charge in [0, 0.05) is 48.2 Å². The normalized spacial score (nSPS) is 15.4. The van der Waals surface area contributed by atoms with Gasteiger partial charge in [0.25, 0.3) is 5.91 Å². The van der Waals surface area contributed by atoms with Crippen LogP contribution in [0.1, 0.15) is 22.5 Å². The van der Waals surface area contributed by atoms with E-state index in [1.165, 1.54) is 23.5 Å². The van der Waals surface area contributed by atoms with Crippen molar-refractivity contribution in [1.29, 1.82) is 0 Å². The lowest BCUT2D eigenvalue weighted by atomic mass is 10.2. The van der Waals surface area contributed by atoms with Crippen LogP contribution in [-0.2, 0) is 0 Å². The van der Waals surface area contributed by atoms with Gasteiger partial charge in [-0.05, 0) is 42.8 Å². The number of rotatable bonds is 3. The molecule has 1 saturated heterocycles. The number of thiazole rings is 1. The molecule has 8 heteroatoms. The van der Waals surface area contributed by atoms with Crippen molar-refractivity contribution in [2.75, 3.05) is 18.0 Å². The van der Waals surface area contributed by atoms with E-state index in [9.17, 15) is 9.18 Å². The summed E-state index contributed by atoms with van der Waals surface area (Å²) in [5.74, 6) is 0.260. The molecule has 5 rings (SSSR count). The largest absolute Gasteiger partial charge is 0.349 e. The van der Waals surface area contributed by atoms with Crippen molar-refractivity contribution in [2.45, 2.75) is 13.3 Å². The molecule has 0 spiro atoms. The van der Waals surface area contributed by atoms with Crippen LogP contribution in [0.15, 0.2) is 59.3 Å². The van der Waals surface area contributed by atoms with E-state index in [4.69, 9.17) is 0 Å². The lowest BCUT2D eigenvalue weighted by Crippen LogP contribution is -2.22.